The van der Waals surface area contributed by atoms with Crippen LogP contribution < -0.4 is 16.4 Å². The van der Waals surface area contributed by atoms with Crippen LogP contribution in [0.15, 0.2) is 36.5 Å². The minimum absolute atomic E-state index is 0.0317. The Balaban J connectivity index is 1.75. The monoisotopic (exact) mass is 300 g/mol. The van der Waals surface area contributed by atoms with Crippen LogP contribution in [0.2, 0.25) is 0 Å². The zero-order valence-corrected chi connectivity index (χ0v) is 12.2. The molecule has 0 saturated heterocycles. The lowest BCUT2D eigenvalue weighted by atomic mass is 10.1. The molecule has 2 aromatic rings. The van der Waals surface area contributed by atoms with E-state index in [0.717, 1.165) is 12.8 Å². The molecule has 1 aromatic heterocycles. The van der Waals surface area contributed by atoms with Gasteiger partial charge in [0.2, 0.25) is 5.91 Å². The lowest BCUT2D eigenvalue weighted by molar-refractivity contribution is -0.120. The number of aromatic nitrogens is 1. The summed E-state index contributed by atoms with van der Waals surface area (Å²) in [6.07, 6.45) is 3.35. The Kier molecular flexibility index (Phi) is 3.44. The van der Waals surface area contributed by atoms with Crippen molar-refractivity contribution in [2.24, 2.45) is 5.41 Å². The lowest BCUT2D eigenvalue weighted by Crippen LogP contribution is -2.21. The number of rotatable bonds is 4. The number of carbonyl (C=O) groups excluding carboxylic acids is 1. The minimum Gasteiger partial charge on any atom is -0.399 e. The number of halogens is 1. The van der Waals surface area contributed by atoms with E-state index >= 15 is 0 Å². The van der Waals surface area contributed by atoms with Crippen LogP contribution in [0.4, 0.5) is 27.3 Å². The number of hydrogen-bond acceptors (Lipinski definition) is 4. The molecule has 3 rings (SSSR count). The van der Waals surface area contributed by atoms with Crippen molar-refractivity contribution < 1.29 is 9.18 Å². The Hall–Kier alpha value is -2.63. The summed E-state index contributed by atoms with van der Waals surface area (Å²) in [6, 6.07) is 7.79. The number of nitrogens with one attached hydrogen (secondary N) is 2. The summed E-state index contributed by atoms with van der Waals surface area (Å²) in [4.78, 5) is 16.1. The van der Waals surface area contributed by atoms with Gasteiger partial charge in [-0.3, -0.25) is 4.79 Å². The Morgan fingerprint density at radius 3 is 2.77 bits per heavy atom. The number of carbonyl (C=O) groups is 1. The van der Waals surface area contributed by atoms with Gasteiger partial charge in [-0.05, 0) is 37.1 Å². The highest BCUT2D eigenvalue weighted by molar-refractivity contribution is 5.96. The van der Waals surface area contributed by atoms with E-state index in [1.807, 2.05) is 6.92 Å². The first-order valence-electron chi connectivity index (χ1n) is 7.06. The summed E-state index contributed by atoms with van der Waals surface area (Å²) < 4.78 is 13.8. The number of benzene rings is 1. The second-order valence-corrected chi connectivity index (χ2v) is 5.81. The molecule has 1 saturated carbocycles. The van der Waals surface area contributed by atoms with E-state index in [1.165, 1.54) is 6.07 Å². The molecule has 6 heteroatoms. The highest BCUT2D eigenvalue weighted by Crippen LogP contribution is 2.45. The highest BCUT2D eigenvalue weighted by atomic mass is 19.1. The summed E-state index contributed by atoms with van der Waals surface area (Å²) >= 11 is 0. The predicted octanol–water partition coefficient (Wildman–Crippen LogP) is 3.29. The number of hydrogen-bond donors (Lipinski definition) is 3. The third-order valence-corrected chi connectivity index (χ3v) is 3.82. The molecule has 1 aromatic carbocycles. The van der Waals surface area contributed by atoms with Crippen LogP contribution in [0.1, 0.15) is 19.8 Å². The van der Waals surface area contributed by atoms with Gasteiger partial charge in [0.1, 0.15) is 11.6 Å². The van der Waals surface area contributed by atoms with Crippen LogP contribution in [0.5, 0.6) is 0 Å². The van der Waals surface area contributed by atoms with Gasteiger partial charge in [0.25, 0.3) is 0 Å². The Labute approximate surface area is 127 Å². The molecule has 0 bridgehead atoms. The second kappa shape index (κ2) is 5.29. The zero-order chi connectivity index (χ0) is 15.7. The molecule has 5 nitrogen and oxygen atoms in total. The molecule has 0 spiro atoms. The molecule has 1 aliphatic carbocycles. The zero-order valence-electron chi connectivity index (χ0n) is 12.2. The smallest absolute Gasteiger partial charge is 0.231 e. The molecule has 0 atom stereocenters. The summed E-state index contributed by atoms with van der Waals surface area (Å²) in [5.74, 6) is -0.0253. The minimum atomic E-state index is -0.437. The molecular weight excluding hydrogens is 283 g/mol. The number of pyridine rings is 1. The van der Waals surface area contributed by atoms with E-state index in [1.54, 1.807) is 30.5 Å². The maximum atomic E-state index is 13.8. The molecule has 0 aliphatic heterocycles. The van der Waals surface area contributed by atoms with Crippen LogP contribution in [0.3, 0.4) is 0 Å². The van der Waals surface area contributed by atoms with Crippen molar-refractivity contribution in [2.75, 3.05) is 16.4 Å². The molecule has 4 N–H and O–H groups in total. The second-order valence-electron chi connectivity index (χ2n) is 5.81. The largest absolute Gasteiger partial charge is 0.399 e. The summed E-state index contributed by atoms with van der Waals surface area (Å²) in [7, 11) is 0. The van der Waals surface area contributed by atoms with Gasteiger partial charge in [0.15, 0.2) is 0 Å². The van der Waals surface area contributed by atoms with Gasteiger partial charge in [-0.1, -0.05) is 6.92 Å². The van der Waals surface area contributed by atoms with E-state index in [0.29, 0.717) is 22.9 Å². The molecule has 1 amide bonds. The summed E-state index contributed by atoms with van der Waals surface area (Å²) in [6.45, 7) is 1.92. The Bertz CT molecular complexity index is 728. The summed E-state index contributed by atoms with van der Waals surface area (Å²) in [5.41, 5.74) is 6.56. The molecule has 1 fully saturated rings. The standard InChI is InChI=1S/C16H17FN4O/c1-16(5-6-16)15(22)21-14-9-11(4-7-19-14)20-13-3-2-10(18)8-12(13)17/h2-4,7-9H,5-6,18H2,1H3,(H2,19,20,21,22). The van der Waals surface area contributed by atoms with Crippen LogP contribution in [0.25, 0.3) is 0 Å². The van der Waals surface area contributed by atoms with Crippen molar-refractivity contribution in [2.45, 2.75) is 19.8 Å². The van der Waals surface area contributed by atoms with Gasteiger partial charge in [0, 0.05) is 29.1 Å². The molecule has 1 heterocycles. The molecule has 1 aliphatic rings. The van der Waals surface area contributed by atoms with Crippen molar-refractivity contribution in [1.29, 1.82) is 0 Å². The molecule has 0 radical (unpaired) electrons. The quantitative estimate of drug-likeness (QED) is 0.757. The average Bonchev–Trinajstić information content (AvgIpc) is 3.22. The van der Waals surface area contributed by atoms with E-state index in [-0.39, 0.29) is 11.3 Å². The molecular formula is C16H17FN4O. The van der Waals surface area contributed by atoms with Gasteiger partial charge in [-0.2, -0.15) is 0 Å². The fourth-order valence-electron chi connectivity index (χ4n) is 2.05. The highest BCUT2D eigenvalue weighted by Gasteiger charge is 2.44. The average molecular weight is 300 g/mol. The third kappa shape index (κ3) is 3.00. The first kappa shape index (κ1) is 14.3. The van der Waals surface area contributed by atoms with Crippen molar-refractivity contribution >= 4 is 28.8 Å². The molecule has 0 unspecified atom stereocenters. The van der Waals surface area contributed by atoms with E-state index in [2.05, 4.69) is 15.6 Å². The van der Waals surface area contributed by atoms with Gasteiger partial charge in [-0.15, -0.1) is 0 Å². The first-order chi connectivity index (χ1) is 10.5. The lowest BCUT2D eigenvalue weighted by Gasteiger charge is -2.12. The maximum absolute atomic E-state index is 13.8. The fraction of sp³-hybridized carbons (Fsp3) is 0.250. The number of nitrogens with two attached hydrogens (primary N) is 1. The van der Waals surface area contributed by atoms with Crippen LogP contribution in [-0.4, -0.2) is 10.9 Å². The number of anilines is 4. The first-order valence-corrected chi connectivity index (χ1v) is 7.06. The normalized spacial score (nSPS) is 15.2. The van der Waals surface area contributed by atoms with Gasteiger partial charge in [-0.25, -0.2) is 9.37 Å². The SMILES string of the molecule is CC1(C(=O)Nc2cc(Nc3ccc(N)cc3F)ccn2)CC1. The summed E-state index contributed by atoms with van der Waals surface area (Å²) in [5, 5.41) is 5.74. The van der Waals surface area contributed by atoms with Crippen LogP contribution >= 0.6 is 0 Å². The molecule has 114 valence electrons. The van der Waals surface area contributed by atoms with Crippen molar-refractivity contribution in [1.82, 2.24) is 4.98 Å². The van der Waals surface area contributed by atoms with Crippen molar-refractivity contribution in [3.05, 3.63) is 42.3 Å². The van der Waals surface area contributed by atoms with Gasteiger partial charge in [0.05, 0.1) is 5.69 Å². The Morgan fingerprint density at radius 2 is 2.09 bits per heavy atom. The number of amides is 1. The number of nitrogen functional groups attached to an aromatic ring is 1. The third-order valence-electron chi connectivity index (χ3n) is 3.82. The Morgan fingerprint density at radius 1 is 1.32 bits per heavy atom. The van der Waals surface area contributed by atoms with Gasteiger partial charge < -0.3 is 16.4 Å². The van der Waals surface area contributed by atoms with Gasteiger partial charge >= 0.3 is 0 Å². The number of nitrogens with zero attached hydrogens (tertiary/aromatic N) is 1. The van der Waals surface area contributed by atoms with Crippen LogP contribution in [0, 0.1) is 11.2 Å². The van der Waals surface area contributed by atoms with E-state index < -0.39 is 5.82 Å². The van der Waals surface area contributed by atoms with E-state index in [4.69, 9.17) is 5.73 Å². The maximum Gasteiger partial charge on any atom is 0.231 e. The predicted molar refractivity (Wildman–Crippen MR) is 84.3 cm³/mol. The molecule has 22 heavy (non-hydrogen) atoms. The van der Waals surface area contributed by atoms with E-state index in [9.17, 15) is 9.18 Å². The fourth-order valence-corrected chi connectivity index (χ4v) is 2.05. The van der Waals surface area contributed by atoms with Crippen LogP contribution in [-0.2, 0) is 4.79 Å². The van der Waals surface area contributed by atoms with Crippen molar-refractivity contribution in [3.63, 3.8) is 0 Å². The topological polar surface area (TPSA) is 80.0 Å². The van der Waals surface area contributed by atoms with Crippen molar-refractivity contribution in [3.8, 4) is 0 Å².